The summed E-state index contributed by atoms with van der Waals surface area (Å²) in [6, 6.07) is 2.21. The highest BCUT2D eigenvalue weighted by Crippen LogP contribution is 2.17. The number of benzene rings is 1. The highest BCUT2D eigenvalue weighted by atomic mass is 19.1. The predicted octanol–water partition coefficient (Wildman–Crippen LogP) is 1.48. The second-order valence-corrected chi connectivity index (χ2v) is 3.01. The third-order valence-corrected chi connectivity index (χ3v) is 1.89. The summed E-state index contributed by atoms with van der Waals surface area (Å²) < 4.78 is 30.3. The van der Waals surface area contributed by atoms with Gasteiger partial charge in [0.1, 0.15) is 11.9 Å². The molecule has 0 bridgehead atoms. The van der Waals surface area contributed by atoms with E-state index in [1.54, 1.807) is 14.0 Å². The summed E-state index contributed by atoms with van der Waals surface area (Å²) in [4.78, 5) is 11.2. The Balaban J connectivity index is 2.77. The average molecular weight is 215 g/mol. The van der Waals surface area contributed by atoms with Crippen molar-refractivity contribution < 1.29 is 18.3 Å². The van der Waals surface area contributed by atoms with E-state index in [2.05, 4.69) is 5.32 Å². The van der Waals surface area contributed by atoms with Gasteiger partial charge in [-0.2, -0.15) is 0 Å². The van der Waals surface area contributed by atoms with E-state index in [1.807, 2.05) is 0 Å². The Kier molecular flexibility index (Phi) is 3.74. The Bertz CT molecular complexity index is 368. The number of carbonyl (C=O) groups is 1. The molecule has 0 aliphatic carbocycles. The van der Waals surface area contributed by atoms with Crippen LogP contribution in [0.1, 0.15) is 6.92 Å². The number of halogens is 2. The molecule has 0 heterocycles. The predicted molar refractivity (Wildman–Crippen MR) is 50.5 cm³/mol. The van der Waals surface area contributed by atoms with Crippen LogP contribution in [-0.4, -0.2) is 19.1 Å². The van der Waals surface area contributed by atoms with Gasteiger partial charge in [-0.1, -0.05) is 0 Å². The van der Waals surface area contributed by atoms with E-state index in [0.29, 0.717) is 6.07 Å². The lowest BCUT2D eigenvalue weighted by Crippen LogP contribution is -2.34. The van der Waals surface area contributed by atoms with Crippen LogP contribution < -0.4 is 10.1 Å². The van der Waals surface area contributed by atoms with Crippen LogP contribution in [0.4, 0.5) is 8.78 Å². The van der Waals surface area contributed by atoms with Crippen molar-refractivity contribution in [1.29, 1.82) is 0 Å². The van der Waals surface area contributed by atoms with Crippen LogP contribution in [0.15, 0.2) is 18.2 Å². The van der Waals surface area contributed by atoms with E-state index in [0.717, 1.165) is 12.1 Å². The summed E-state index contributed by atoms with van der Waals surface area (Å²) >= 11 is 0. The number of carbonyl (C=O) groups excluding carboxylic acids is 1. The fourth-order valence-corrected chi connectivity index (χ4v) is 0.873. The first kappa shape index (κ1) is 11.6. The second kappa shape index (κ2) is 4.84. The zero-order valence-corrected chi connectivity index (χ0v) is 8.38. The SMILES string of the molecule is CNC(C)C(=O)Oc1ccc(F)cc1F. The Morgan fingerprint density at radius 3 is 2.67 bits per heavy atom. The molecule has 0 spiro atoms. The van der Waals surface area contributed by atoms with Gasteiger partial charge in [0.2, 0.25) is 0 Å². The number of ether oxygens (including phenoxy) is 1. The van der Waals surface area contributed by atoms with Crippen molar-refractivity contribution in [3.8, 4) is 5.75 Å². The first-order valence-electron chi connectivity index (χ1n) is 4.38. The third-order valence-electron chi connectivity index (χ3n) is 1.89. The summed E-state index contributed by atoms with van der Waals surface area (Å²) in [6.45, 7) is 1.57. The maximum absolute atomic E-state index is 13.0. The Morgan fingerprint density at radius 1 is 1.47 bits per heavy atom. The first-order valence-corrected chi connectivity index (χ1v) is 4.38. The van der Waals surface area contributed by atoms with E-state index in [9.17, 15) is 13.6 Å². The smallest absolute Gasteiger partial charge is 0.328 e. The lowest BCUT2D eigenvalue weighted by Gasteiger charge is -2.10. The van der Waals surface area contributed by atoms with Crippen LogP contribution in [-0.2, 0) is 4.79 Å². The molecule has 1 aromatic carbocycles. The van der Waals surface area contributed by atoms with Gasteiger partial charge in [-0.3, -0.25) is 0 Å². The molecule has 0 radical (unpaired) electrons. The van der Waals surface area contributed by atoms with Crippen molar-refractivity contribution >= 4 is 5.97 Å². The minimum Gasteiger partial charge on any atom is -0.422 e. The summed E-state index contributed by atoms with van der Waals surface area (Å²) in [6.07, 6.45) is 0. The summed E-state index contributed by atoms with van der Waals surface area (Å²) in [5.41, 5.74) is 0. The van der Waals surface area contributed by atoms with Gasteiger partial charge in [0.05, 0.1) is 0 Å². The number of hydrogen-bond acceptors (Lipinski definition) is 3. The van der Waals surface area contributed by atoms with Gasteiger partial charge in [0.15, 0.2) is 11.6 Å². The molecule has 1 N–H and O–H groups in total. The van der Waals surface area contributed by atoms with E-state index >= 15 is 0 Å². The molecular formula is C10H11F2NO2. The number of nitrogens with one attached hydrogen (secondary N) is 1. The lowest BCUT2D eigenvalue weighted by atomic mass is 10.3. The quantitative estimate of drug-likeness (QED) is 0.613. The zero-order chi connectivity index (χ0) is 11.4. The van der Waals surface area contributed by atoms with E-state index in [1.165, 1.54) is 0 Å². The summed E-state index contributed by atoms with van der Waals surface area (Å²) in [5.74, 6) is -2.51. The normalized spacial score (nSPS) is 12.3. The molecule has 0 aromatic heterocycles. The molecule has 1 aromatic rings. The van der Waals surface area contributed by atoms with Gasteiger partial charge in [-0.25, -0.2) is 13.6 Å². The van der Waals surface area contributed by atoms with Gasteiger partial charge < -0.3 is 10.1 Å². The number of rotatable bonds is 3. The third kappa shape index (κ3) is 2.99. The Morgan fingerprint density at radius 2 is 2.13 bits per heavy atom. The Labute approximate surface area is 86.0 Å². The first-order chi connectivity index (χ1) is 7.04. The average Bonchev–Trinajstić information content (AvgIpc) is 2.20. The van der Waals surface area contributed by atoms with Crippen molar-refractivity contribution in [1.82, 2.24) is 5.32 Å². The van der Waals surface area contributed by atoms with Crippen molar-refractivity contribution in [3.05, 3.63) is 29.8 Å². The minimum absolute atomic E-state index is 0.275. The second-order valence-electron chi connectivity index (χ2n) is 3.01. The van der Waals surface area contributed by atoms with Crippen LogP contribution in [0.2, 0.25) is 0 Å². The number of esters is 1. The van der Waals surface area contributed by atoms with Gasteiger partial charge in [-0.05, 0) is 26.1 Å². The van der Waals surface area contributed by atoms with Gasteiger partial charge in [-0.15, -0.1) is 0 Å². The molecule has 1 atom stereocenters. The maximum atomic E-state index is 13.0. The van der Waals surface area contributed by atoms with E-state index in [4.69, 9.17) is 4.74 Å². The van der Waals surface area contributed by atoms with Crippen LogP contribution in [0.25, 0.3) is 0 Å². The van der Waals surface area contributed by atoms with Crippen molar-refractivity contribution in [2.45, 2.75) is 13.0 Å². The molecule has 1 rings (SSSR count). The molecular weight excluding hydrogens is 204 g/mol. The highest BCUT2D eigenvalue weighted by Gasteiger charge is 2.15. The number of likely N-dealkylation sites (N-methyl/N-ethyl adjacent to an activating group) is 1. The van der Waals surface area contributed by atoms with Gasteiger partial charge >= 0.3 is 5.97 Å². The van der Waals surface area contributed by atoms with Crippen LogP contribution >= 0.6 is 0 Å². The van der Waals surface area contributed by atoms with E-state index in [-0.39, 0.29) is 5.75 Å². The molecule has 0 amide bonds. The van der Waals surface area contributed by atoms with Crippen molar-refractivity contribution in [2.75, 3.05) is 7.05 Å². The van der Waals surface area contributed by atoms with Crippen molar-refractivity contribution in [3.63, 3.8) is 0 Å². The molecule has 0 saturated heterocycles. The molecule has 3 nitrogen and oxygen atoms in total. The summed E-state index contributed by atoms with van der Waals surface area (Å²) in [5, 5.41) is 2.64. The summed E-state index contributed by atoms with van der Waals surface area (Å²) in [7, 11) is 1.58. The molecule has 0 fully saturated rings. The molecule has 0 saturated carbocycles. The molecule has 1 unspecified atom stereocenters. The molecule has 82 valence electrons. The van der Waals surface area contributed by atoms with E-state index < -0.39 is 23.6 Å². The minimum atomic E-state index is -0.897. The molecule has 15 heavy (non-hydrogen) atoms. The highest BCUT2D eigenvalue weighted by molar-refractivity contribution is 5.77. The zero-order valence-electron chi connectivity index (χ0n) is 8.38. The fourth-order valence-electron chi connectivity index (χ4n) is 0.873. The number of hydrogen-bond donors (Lipinski definition) is 1. The molecule has 5 heteroatoms. The maximum Gasteiger partial charge on any atom is 0.328 e. The largest absolute Gasteiger partial charge is 0.422 e. The van der Waals surface area contributed by atoms with Gasteiger partial charge in [0, 0.05) is 6.07 Å². The monoisotopic (exact) mass is 215 g/mol. The van der Waals surface area contributed by atoms with Crippen LogP contribution in [0.5, 0.6) is 5.75 Å². The fraction of sp³-hybridized carbons (Fsp3) is 0.300. The topological polar surface area (TPSA) is 38.3 Å². The van der Waals surface area contributed by atoms with Crippen molar-refractivity contribution in [2.24, 2.45) is 0 Å². The molecule has 0 aliphatic heterocycles. The lowest BCUT2D eigenvalue weighted by molar-refractivity contribution is -0.136. The van der Waals surface area contributed by atoms with Gasteiger partial charge in [0.25, 0.3) is 0 Å². The van der Waals surface area contributed by atoms with Crippen LogP contribution in [0.3, 0.4) is 0 Å². The van der Waals surface area contributed by atoms with Crippen LogP contribution in [0, 0.1) is 11.6 Å². The Hall–Kier alpha value is -1.49. The standard InChI is InChI=1S/C10H11F2NO2/c1-6(13-2)10(14)15-9-4-3-7(11)5-8(9)12/h3-6,13H,1-2H3. The molecule has 0 aliphatic rings.